The van der Waals surface area contributed by atoms with Crippen molar-refractivity contribution in [3.8, 4) is 11.5 Å². The molecule has 0 saturated carbocycles. The number of unbranched alkanes of at least 4 members (excludes halogenated alkanes) is 1. The molecule has 0 unspecified atom stereocenters. The van der Waals surface area contributed by atoms with Crippen LogP contribution in [0.5, 0.6) is 11.5 Å². The van der Waals surface area contributed by atoms with Crippen molar-refractivity contribution in [1.29, 1.82) is 0 Å². The number of carboxylic acid groups (broad SMARTS) is 1. The number of benzene rings is 1. The number of halogens is 1. The zero-order chi connectivity index (χ0) is 17.6. The standard InChI is InChI=1S/C14H20ClNO6S/c1-4-5-6-10(14(17)18)16-23(19,20)13-7-9(15)11(21-2)8-12(13)22-3/h7-8,10,16H,4-6H2,1-3H3,(H,17,18)/t10-/m0/s1. The normalized spacial score (nSPS) is 12.7. The van der Waals surface area contributed by atoms with E-state index >= 15 is 0 Å². The first-order valence-corrected chi connectivity index (χ1v) is 8.79. The molecule has 0 aromatic heterocycles. The van der Waals surface area contributed by atoms with Gasteiger partial charge in [-0.3, -0.25) is 4.79 Å². The third-order valence-corrected chi connectivity index (χ3v) is 4.96. The fourth-order valence-corrected chi connectivity index (χ4v) is 3.64. The van der Waals surface area contributed by atoms with Crippen LogP contribution in [-0.2, 0) is 14.8 Å². The molecule has 2 N–H and O–H groups in total. The van der Waals surface area contributed by atoms with Crippen LogP contribution in [0.3, 0.4) is 0 Å². The summed E-state index contributed by atoms with van der Waals surface area (Å²) in [6.45, 7) is 1.89. The highest BCUT2D eigenvalue weighted by molar-refractivity contribution is 7.89. The minimum atomic E-state index is -4.12. The van der Waals surface area contributed by atoms with Crippen molar-refractivity contribution in [2.45, 2.75) is 37.1 Å². The number of hydrogen-bond donors (Lipinski definition) is 2. The van der Waals surface area contributed by atoms with E-state index in [1.165, 1.54) is 26.4 Å². The quantitative estimate of drug-likeness (QED) is 0.696. The largest absolute Gasteiger partial charge is 0.495 e. The summed E-state index contributed by atoms with van der Waals surface area (Å²) in [6, 6.07) is 1.28. The maximum Gasteiger partial charge on any atom is 0.321 e. The number of carboxylic acids is 1. The summed E-state index contributed by atoms with van der Waals surface area (Å²) in [4.78, 5) is 11.0. The third kappa shape index (κ3) is 4.98. The molecule has 0 amide bonds. The van der Waals surface area contributed by atoms with Gasteiger partial charge in [-0.2, -0.15) is 4.72 Å². The number of aliphatic carboxylic acids is 1. The molecule has 0 aliphatic rings. The van der Waals surface area contributed by atoms with Gasteiger partial charge in [0.05, 0.1) is 19.2 Å². The van der Waals surface area contributed by atoms with Crippen molar-refractivity contribution in [3.05, 3.63) is 17.2 Å². The number of nitrogens with one attached hydrogen (secondary N) is 1. The van der Waals surface area contributed by atoms with E-state index in [2.05, 4.69) is 4.72 Å². The summed E-state index contributed by atoms with van der Waals surface area (Å²) in [6.07, 6.45) is 1.53. The van der Waals surface area contributed by atoms with Gasteiger partial charge in [0, 0.05) is 6.07 Å². The fourth-order valence-electron chi connectivity index (χ4n) is 1.93. The summed E-state index contributed by atoms with van der Waals surface area (Å²) < 4.78 is 37.2. The van der Waals surface area contributed by atoms with Crippen molar-refractivity contribution in [1.82, 2.24) is 4.72 Å². The molecule has 0 saturated heterocycles. The Bertz CT molecular complexity index is 661. The van der Waals surface area contributed by atoms with E-state index in [1.807, 2.05) is 6.92 Å². The monoisotopic (exact) mass is 365 g/mol. The highest BCUT2D eigenvalue weighted by Gasteiger charge is 2.28. The average molecular weight is 366 g/mol. The summed E-state index contributed by atoms with van der Waals surface area (Å²) in [5, 5.41) is 9.25. The lowest BCUT2D eigenvalue weighted by atomic mass is 10.1. The molecular formula is C14H20ClNO6S. The molecule has 0 heterocycles. The minimum absolute atomic E-state index is 0.0124. The van der Waals surface area contributed by atoms with Gasteiger partial charge in [0.25, 0.3) is 0 Å². The Hall–Kier alpha value is -1.51. The van der Waals surface area contributed by atoms with Gasteiger partial charge >= 0.3 is 5.97 Å². The summed E-state index contributed by atoms with van der Waals surface area (Å²) in [7, 11) is -1.43. The Morgan fingerprint density at radius 1 is 1.30 bits per heavy atom. The molecule has 0 spiro atoms. The van der Waals surface area contributed by atoms with Crippen LogP contribution in [0.4, 0.5) is 0 Å². The van der Waals surface area contributed by atoms with Gasteiger partial charge in [-0.05, 0) is 12.5 Å². The van der Waals surface area contributed by atoms with Gasteiger partial charge in [0.1, 0.15) is 22.4 Å². The lowest BCUT2D eigenvalue weighted by Crippen LogP contribution is -2.40. The SMILES string of the molecule is CCCC[C@H](NS(=O)(=O)c1cc(Cl)c(OC)cc1OC)C(=O)O. The molecular weight excluding hydrogens is 346 g/mol. The van der Waals surface area contributed by atoms with Gasteiger partial charge in [0.2, 0.25) is 10.0 Å². The molecule has 0 aliphatic carbocycles. The Labute approximate surface area is 140 Å². The van der Waals surface area contributed by atoms with Gasteiger partial charge in [-0.1, -0.05) is 31.4 Å². The zero-order valence-electron chi connectivity index (χ0n) is 13.1. The predicted molar refractivity (Wildman–Crippen MR) is 85.8 cm³/mol. The Balaban J connectivity index is 3.21. The number of rotatable bonds is 9. The van der Waals surface area contributed by atoms with Crippen LogP contribution < -0.4 is 14.2 Å². The summed E-state index contributed by atoms with van der Waals surface area (Å²) in [5.74, 6) is -0.970. The molecule has 0 bridgehead atoms. The second-order valence-electron chi connectivity index (χ2n) is 4.79. The number of ether oxygens (including phenoxy) is 2. The minimum Gasteiger partial charge on any atom is -0.495 e. The molecule has 23 heavy (non-hydrogen) atoms. The topological polar surface area (TPSA) is 102 Å². The second-order valence-corrected chi connectivity index (χ2v) is 6.88. The smallest absolute Gasteiger partial charge is 0.321 e. The van der Waals surface area contributed by atoms with E-state index < -0.39 is 22.0 Å². The van der Waals surface area contributed by atoms with Crippen molar-refractivity contribution >= 4 is 27.6 Å². The van der Waals surface area contributed by atoms with Gasteiger partial charge in [-0.15, -0.1) is 0 Å². The van der Waals surface area contributed by atoms with Crippen LogP contribution in [0.1, 0.15) is 26.2 Å². The van der Waals surface area contributed by atoms with E-state index in [0.717, 1.165) is 6.42 Å². The van der Waals surface area contributed by atoms with E-state index in [1.54, 1.807) is 0 Å². The molecule has 1 atom stereocenters. The van der Waals surface area contributed by atoms with Gasteiger partial charge in [-0.25, -0.2) is 8.42 Å². The molecule has 1 aromatic carbocycles. The summed E-state index contributed by atoms with van der Waals surface area (Å²) in [5.41, 5.74) is 0. The molecule has 0 aliphatic heterocycles. The van der Waals surface area contributed by atoms with Crippen molar-refractivity contribution in [2.75, 3.05) is 14.2 Å². The maximum atomic E-state index is 12.5. The lowest BCUT2D eigenvalue weighted by molar-refractivity contribution is -0.139. The van der Waals surface area contributed by atoms with Crippen LogP contribution in [-0.4, -0.2) is 39.8 Å². The first-order chi connectivity index (χ1) is 10.8. The van der Waals surface area contributed by atoms with E-state index in [0.29, 0.717) is 6.42 Å². The molecule has 130 valence electrons. The highest BCUT2D eigenvalue weighted by atomic mass is 35.5. The van der Waals surface area contributed by atoms with Gasteiger partial charge in [0.15, 0.2) is 0 Å². The van der Waals surface area contributed by atoms with Crippen LogP contribution in [0.25, 0.3) is 0 Å². The molecule has 7 nitrogen and oxygen atoms in total. The maximum absolute atomic E-state index is 12.5. The number of sulfonamides is 1. The molecule has 1 rings (SSSR count). The van der Waals surface area contributed by atoms with E-state index in [9.17, 15) is 13.2 Å². The first-order valence-electron chi connectivity index (χ1n) is 6.93. The van der Waals surface area contributed by atoms with Crippen LogP contribution in [0.2, 0.25) is 5.02 Å². The number of hydrogen-bond acceptors (Lipinski definition) is 5. The van der Waals surface area contributed by atoms with E-state index in [4.69, 9.17) is 26.2 Å². The molecule has 9 heteroatoms. The Morgan fingerprint density at radius 2 is 1.91 bits per heavy atom. The van der Waals surface area contributed by atoms with Crippen LogP contribution in [0.15, 0.2) is 17.0 Å². The molecule has 1 aromatic rings. The highest BCUT2D eigenvalue weighted by Crippen LogP contribution is 2.35. The lowest BCUT2D eigenvalue weighted by Gasteiger charge is -2.17. The third-order valence-electron chi connectivity index (χ3n) is 3.17. The average Bonchev–Trinajstić information content (AvgIpc) is 2.50. The van der Waals surface area contributed by atoms with E-state index in [-0.39, 0.29) is 27.8 Å². The second kappa shape index (κ2) is 8.37. The van der Waals surface area contributed by atoms with Gasteiger partial charge < -0.3 is 14.6 Å². The van der Waals surface area contributed by atoms with Crippen LogP contribution in [0, 0.1) is 0 Å². The summed E-state index contributed by atoms with van der Waals surface area (Å²) >= 11 is 5.96. The number of methoxy groups -OCH3 is 2. The molecule has 0 radical (unpaired) electrons. The zero-order valence-corrected chi connectivity index (χ0v) is 14.7. The Kier molecular flexibility index (Phi) is 7.11. The number of carbonyl (C=O) groups is 1. The predicted octanol–water partition coefficient (Wildman–Crippen LogP) is 2.28. The first kappa shape index (κ1) is 19.5. The van der Waals surface area contributed by atoms with Crippen molar-refractivity contribution in [2.24, 2.45) is 0 Å². The van der Waals surface area contributed by atoms with Crippen LogP contribution >= 0.6 is 11.6 Å². The molecule has 0 fully saturated rings. The van der Waals surface area contributed by atoms with Crippen molar-refractivity contribution < 1.29 is 27.8 Å². The fraction of sp³-hybridized carbons (Fsp3) is 0.500. The Morgan fingerprint density at radius 3 is 2.39 bits per heavy atom. The van der Waals surface area contributed by atoms with Crippen molar-refractivity contribution in [3.63, 3.8) is 0 Å².